The summed E-state index contributed by atoms with van der Waals surface area (Å²) in [6, 6.07) is 5.50. The average Bonchev–Trinajstić information content (AvgIpc) is 3.24. The Morgan fingerprint density at radius 1 is 1.08 bits per heavy atom. The van der Waals surface area contributed by atoms with Crippen molar-refractivity contribution in [2.75, 3.05) is 22.1 Å². The first-order valence-electron chi connectivity index (χ1n) is 12.0. The largest absolute Gasteiger partial charge is 0.444 e. The zero-order valence-electron chi connectivity index (χ0n) is 21.9. The van der Waals surface area contributed by atoms with Crippen molar-refractivity contribution in [1.29, 1.82) is 0 Å². The molecule has 1 aromatic carbocycles. The highest BCUT2D eigenvalue weighted by atomic mass is 19.4. The number of halogens is 3. The second-order valence-electron chi connectivity index (χ2n) is 10.1. The smallest absolute Gasteiger partial charge is 0.416 e. The maximum atomic E-state index is 13.4. The van der Waals surface area contributed by atoms with Crippen molar-refractivity contribution >= 4 is 35.1 Å². The Labute approximate surface area is 222 Å². The van der Waals surface area contributed by atoms with E-state index in [9.17, 15) is 27.6 Å². The Kier molecular flexibility index (Phi) is 7.11. The van der Waals surface area contributed by atoms with Crippen LogP contribution in [0.15, 0.2) is 42.7 Å². The van der Waals surface area contributed by atoms with Gasteiger partial charge in [-0.25, -0.2) is 9.78 Å². The molecule has 0 saturated heterocycles. The fraction of sp³-hybridized carbons (Fsp3) is 0.346. The Bertz CT molecular complexity index is 1430. The molecule has 3 aromatic rings. The molecule has 1 aliphatic rings. The summed E-state index contributed by atoms with van der Waals surface area (Å²) in [5.74, 6) is -0.892. The van der Waals surface area contributed by atoms with Gasteiger partial charge in [-0.15, -0.1) is 0 Å². The first kappa shape index (κ1) is 27.6. The van der Waals surface area contributed by atoms with E-state index in [2.05, 4.69) is 20.7 Å². The van der Waals surface area contributed by atoms with Gasteiger partial charge in [0.1, 0.15) is 11.4 Å². The number of benzene rings is 1. The van der Waals surface area contributed by atoms with Gasteiger partial charge in [-0.2, -0.15) is 18.3 Å². The normalized spacial score (nSPS) is 15.5. The molecule has 0 bridgehead atoms. The van der Waals surface area contributed by atoms with E-state index in [4.69, 9.17) is 4.74 Å². The number of hydrogen-bond acceptors (Lipinski definition) is 6. The summed E-state index contributed by atoms with van der Waals surface area (Å²) in [5, 5.41) is 9.42. The SMILES string of the molecule is Cc1cc(NC(=O)OC(C)(C)C)ncc1C(=O)Nc1cnn2c1C(=O)N(c1ccc(C(F)(F)F)cc1)C[C@@H]2C. The second-order valence-corrected chi connectivity index (χ2v) is 10.1. The van der Waals surface area contributed by atoms with Crippen molar-refractivity contribution in [1.82, 2.24) is 14.8 Å². The van der Waals surface area contributed by atoms with Crippen LogP contribution in [0.3, 0.4) is 0 Å². The summed E-state index contributed by atoms with van der Waals surface area (Å²) in [5.41, 5.74) is -0.294. The summed E-state index contributed by atoms with van der Waals surface area (Å²) in [4.78, 5) is 43.9. The summed E-state index contributed by atoms with van der Waals surface area (Å²) < 4.78 is 45.6. The quantitative estimate of drug-likeness (QED) is 0.453. The minimum atomic E-state index is -4.50. The van der Waals surface area contributed by atoms with Crippen LogP contribution in [0.25, 0.3) is 0 Å². The highest BCUT2D eigenvalue weighted by Crippen LogP contribution is 2.33. The van der Waals surface area contributed by atoms with Crippen LogP contribution in [0.5, 0.6) is 0 Å². The van der Waals surface area contributed by atoms with Gasteiger partial charge in [-0.05, 0) is 70.5 Å². The van der Waals surface area contributed by atoms with Crippen molar-refractivity contribution in [3.8, 4) is 0 Å². The third-order valence-corrected chi connectivity index (χ3v) is 5.85. The molecular formula is C26H27F3N6O4. The van der Waals surface area contributed by atoms with Crippen LogP contribution in [-0.4, -0.2) is 44.8 Å². The number of alkyl halides is 3. The molecule has 10 nitrogen and oxygen atoms in total. The number of ether oxygens (including phenoxy) is 1. The molecule has 0 radical (unpaired) electrons. The van der Waals surface area contributed by atoms with E-state index in [-0.39, 0.29) is 41.0 Å². The lowest BCUT2D eigenvalue weighted by molar-refractivity contribution is -0.137. The first-order valence-corrected chi connectivity index (χ1v) is 12.0. The third-order valence-electron chi connectivity index (χ3n) is 5.85. The van der Waals surface area contributed by atoms with E-state index in [0.717, 1.165) is 12.1 Å². The molecule has 4 rings (SSSR count). The maximum Gasteiger partial charge on any atom is 0.416 e. The molecule has 0 fully saturated rings. The number of nitrogens with one attached hydrogen (secondary N) is 2. The number of rotatable bonds is 4. The van der Waals surface area contributed by atoms with E-state index in [1.54, 1.807) is 34.6 Å². The van der Waals surface area contributed by atoms with E-state index >= 15 is 0 Å². The number of fused-ring (bicyclic) bond motifs is 1. The molecule has 206 valence electrons. The molecule has 13 heteroatoms. The Balaban J connectivity index is 1.53. The molecule has 3 amide bonds. The zero-order valence-corrected chi connectivity index (χ0v) is 21.9. The second kappa shape index (κ2) is 10.0. The molecule has 0 saturated carbocycles. The molecule has 1 atom stereocenters. The number of pyridine rings is 1. The lowest BCUT2D eigenvalue weighted by Crippen LogP contribution is -2.43. The lowest BCUT2D eigenvalue weighted by Gasteiger charge is -2.32. The van der Waals surface area contributed by atoms with Gasteiger partial charge in [0.15, 0.2) is 5.69 Å². The van der Waals surface area contributed by atoms with Gasteiger partial charge in [0.2, 0.25) is 0 Å². The Hall–Kier alpha value is -4.42. The standard InChI is InChI=1S/C26H27F3N6O4/c1-14-10-20(33-24(38)39-25(3,4)5)30-11-18(14)22(36)32-19-12-31-35-15(2)13-34(23(37)21(19)35)17-8-6-16(7-9-17)26(27,28)29/h6-12,15H,13H2,1-5H3,(H,32,36)(H,30,33,38)/t15-/m0/s1. The van der Waals surface area contributed by atoms with Gasteiger partial charge in [0.05, 0.1) is 29.1 Å². The van der Waals surface area contributed by atoms with Gasteiger partial charge in [-0.1, -0.05) is 0 Å². The maximum absolute atomic E-state index is 13.4. The number of hydrogen-bond donors (Lipinski definition) is 2. The summed E-state index contributed by atoms with van der Waals surface area (Å²) in [6.07, 6.45) is -2.56. The van der Waals surface area contributed by atoms with Crippen LogP contribution in [0, 0.1) is 6.92 Å². The molecule has 2 aromatic heterocycles. The highest BCUT2D eigenvalue weighted by molar-refractivity contribution is 6.13. The number of nitrogens with zero attached hydrogens (tertiary/aromatic N) is 4. The lowest BCUT2D eigenvalue weighted by atomic mass is 10.1. The molecule has 1 aliphatic heterocycles. The van der Waals surface area contributed by atoms with Crippen molar-refractivity contribution in [2.45, 2.75) is 52.4 Å². The van der Waals surface area contributed by atoms with Crippen LogP contribution in [0.2, 0.25) is 0 Å². The Morgan fingerprint density at radius 2 is 1.74 bits per heavy atom. The molecular weight excluding hydrogens is 517 g/mol. The minimum absolute atomic E-state index is 0.0934. The monoisotopic (exact) mass is 544 g/mol. The first-order chi connectivity index (χ1) is 18.1. The molecule has 0 aliphatic carbocycles. The predicted molar refractivity (Wildman–Crippen MR) is 137 cm³/mol. The van der Waals surface area contributed by atoms with Crippen molar-refractivity contribution in [3.63, 3.8) is 0 Å². The molecule has 39 heavy (non-hydrogen) atoms. The summed E-state index contributed by atoms with van der Waals surface area (Å²) in [6.45, 7) is 8.81. The number of carbonyl (C=O) groups excluding carboxylic acids is 3. The van der Waals surface area contributed by atoms with Gasteiger partial charge >= 0.3 is 12.3 Å². The number of anilines is 3. The van der Waals surface area contributed by atoms with Crippen LogP contribution < -0.4 is 15.5 Å². The molecule has 0 unspecified atom stereocenters. The van der Waals surface area contributed by atoms with Crippen LogP contribution in [-0.2, 0) is 10.9 Å². The van der Waals surface area contributed by atoms with E-state index in [0.29, 0.717) is 5.56 Å². The Morgan fingerprint density at radius 3 is 2.33 bits per heavy atom. The highest BCUT2D eigenvalue weighted by Gasteiger charge is 2.35. The van der Waals surface area contributed by atoms with Crippen molar-refractivity contribution in [3.05, 3.63) is 65.1 Å². The van der Waals surface area contributed by atoms with Crippen molar-refractivity contribution in [2.24, 2.45) is 0 Å². The number of aromatic nitrogens is 3. The number of carbonyl (C=O) groups is 3. The van der Waals surface area contributed by atoms with Gasteiger partial charge in [0.25, 0.3) is 11.8 Å². The number of aryl methyl sites for hydroxylation is 1. The zero-order chi connectivity index (χ0) is 28.7. The third kappa shape index (κ3) is 6.02. The molecule has 3 heterocycles. The number of amides is 3. The predicted octanol–water partition coefficient (Wildman–Crippen LogP) is 5.43. The fourth-order valence-electron chi connectivity index (χ4n) is 4.07. The van der Waals surface area contributed by atoms with Gasteiger partial charge in [0, 0.05) is 18.4 Å². The van der Waals surface area contributed by atoms with Crippen LogP contribution in [0.4, 0.5) is 35.2 Å². The van der Waals surface area contributed by atoms with Gasteiger partial charge in [-0.3, -0.25) is 19.6 Å². The molecule has 0 spiro atoms. The van der Waals surface area contributed by atoms with Crippen LogP contribution in [0.1, 0.15) is 65.7 Å². The van der Waals surface area contributed by atoms with Crippen molar-refractivity contribution < 1.29 is 32.3 Å². The average molecular weight is 545 g/mol. The van der Waals surface area contributed by atoms with Crippen LogP contribution >= 0.6 is 0 Å². The van der Waals surface area contributed by atoms with E-state index in [1.807, 2.05) is 0 Å². The topological polar surface area (TPSA) is 118 Å². The summed E-state index contributed by atoms with van der Waals surface area (Å²) >= 11 is 0. The summed E-state index contributed by atoms with van der Waals surface area (Å²) in [7, 11) is 0. The van der Waals surface area contributed by atoms with E-state index in [1.165, 1.54) is 40.2 Å². The van der Waals surface area contributed by atoms with Gasteiger partial charge < -0.3 is 15.0 Å². The molecule has 2 N–H and O–H groups in total. The fourth-order valence-corrected chi connectivity index (χ4v) is 4.07. The van der Waals surface area contributed by atoms with E-state index < -0.39 is 35.2 Å². The minimum Gasteiger partial charge on any atom is -0.444 e.